The van der Waals surface area contributed by atoms with Crippen molar-refractivity contribution in [3.63, 3.8) is 0 Å². The molecule has 7 nitrogen and oxygen atoms in total. The van der Waals surface area contributed by atoms with Crippen LogP contribution >= 0.6 is 12.2 Å². The van der Waals surface area contributed by atoms with Crippen LogP contribution in [0.2, 0.25) is 0 Å². The number of benzene rings is 2. The van der Waals surface area contributed by atoms with Crippen molar-refractivity contribution >= 4 is 46.4 Å². The fourth-order valence-corrected chi connectivity index (χ4v) is 4.64. The normalized spacial score (nSPS) is 18.0. The highest BCUT2D eigenvalue weighted by atomic mass is 32.1. The summed E-state index contributed by atoms with van der Waals surface area (Å²) >= 11 is 5.32. The molecule has 1 N–H and O–H groups in total. The van der Waals surface area contributed by atoms with Crippen LogP contribution in [0.4, 0.5) is 15.9 Å². The van der Waals surface area contributed by atoms with Crippen molar-refractivity contribution in [1.29, 1.82) is 0 Å². The van der Waals surface area contributed by atoms with Crippen molar-refractivity contribution in [3.05, 3.63) is 59.1 Å². The van der Waals surface area contributed by atoms with E-state index in [-0.39, 0.29) is 28.8 Å². The number of carbonyl (C=O) groups excluding carboxylic acids is 2. The molecule has 164 valence electrons. The van der Waals surface area contributed by atoms with E-state index in [4.69, 9.17) is 12.2 Å². The minimum Gasteiger partial charge on any atom is -0.368 e. The summed E-state index contributed by atoms with van der Waals surface area (Å²) in [6.45, 7) is 2.58. The van der Waals surface area contributed by atoms with Gasteiger partial charge in [0.1, 0.15) is 17.7 Å². The number of rotatable bonds is 4. The molecular weight excluding hydrogens is 429 g/mol. The number of halogens is 1. The number of amides is 1. The summed E-state index contributed by atoms with van der Waals surface area (Å²) in [6, 6.07) is 13.4. The van der Waals surface area contributed by atoms with Gasteiger partial charge in [-0.1, -0.05) is 12.1 Å². The molecule has 1 fully saturated rings. The third-order valence-electron chi connectivity index (χ3n) is 6.09. The number of nitrogens with zero attached hydrogens (tertiary/aromatic N) is 4. The molecule has 0 spiro atoms. The number of anilines is 2. The Balaban J connectivity index is 1.20. The van der Waals surface area contributed by atoms with E-state index >= 15 is 0 Å². The summed E-state index contributed by atoms with van der Waals surface area (Å²) in [5, 5.41) is 4.09. The molecule has 1 unspecified atom stereocenters. The van der Waals surface area contributed by atoms with Gasteiger partial charge in [-0.15, -0.1) is 0 Å². The van der Waals surface area contributed by atoms with Gasteiger partial charge in [-0.2, -0.15) is 0 Å². The standard InChI is InChI=1S/C23H22FN5O2S/c24-15-5-7-16(8-6-15)27-11-13-28(14-12-27)20(30)10-9-19-22(31)29-21(25-19)17-3-1-2-4-18(17)26-23(29)32/h1-8,19,25H,9-14H2. The van der Waals surface area contributed by atoms with E-state index in [0.29, 0.717) is 38.4 Å². The summed E-state index contributed by atoms with van der Waals surface area (Å²) < 4.78 is 14.8. The van der Waals surface area contributed by atoms with E-state index in [1.54, 1.807) is 12.1 Å². The van der Waals surface area contributed by atoms with E-state index in [9.17, 15) is 14.0 Å². The first kappa shape index (κ1) is 20.6. The topological polar surface area (TPSA) is 70.5 Å². The minimum atomic E-state index is -0.506. The number of carbonyl (C=O) groups is 2. The van der Waals surface area contributed by atoms with Crippen molar-refractivity contribution in [2.75, 3.05) is 36.4 Å². The second-order valence-corrected chi connectivity index (χ2v) is 8.38. The Labute approximate surface area is 189 Å². The van der Waals surface area contributed by atoms with E-state index in [1.807, 2.05) is 29.2 Å². The predicted molar refractivity (Wildman–Crippen MR) is 123 cm³/mol. The zero-order valence-corrected chi connectivity index (χ0v) is 18.1. The highest BCUT2D eigenvalue weighted by Crippen LogP contribution is 2.29. The van der Waals surface area contributed by atoms with Gasteiger partial charge in [0.05, 0.1) is 5.52 Å². The fraction of sp³-hybridized carbons (Fsp3) is 0.304. The lowest BCUT2D eigenvalue weighted by Gasteiger charge is -2.36. The molecule has 3 aromatic rings. The van der Waals surface area contributed by atoms with Gasteiger partial charge in [-0.05, 0) is 55.0 Å². The molecule has 1 aromatic heterocycles. The second-order valence-electron chi connectivity index (χ2n) is 8.01. The van der Waals surface area contributed by atoms with Gasteiger partial charge in [0.2, 0.25) is 10.7 Å². The maximum absolute atomic E-state index is 13.1. The molecule has 1 amide bonds. The number of aromatic nitrogens is 2. The van der Waals surface area contributed by atoms with Gasteiger partial charge >= 0.3 is 0 Å². The monoisotopic (exact) mass is 451 g/mol. The first-order valence-corrected chi connectivity index (χ1v) is 11.0. The first-order chi connectivity index (χ1) is 15.5. The van der Waals surface area contributed by atoms with Crippen molar-refractivity contribution in [1.82, 2.24) is 14.5 Å². The van der Waals surface area contributed by atoms with Crippen LogP contribution in [0.3, 0.4) is 0 Å². The second kappa shape index (κ2) is 8.31. The molecule has 0 radical (unpaired) electrons. The average molecular weight is 452 g/mol. The van der Waals surface area contributed by atoms with Gasteiger partial charge in [0, 0.05) is 43.7 Å². The molecule has 2 aromatic carbocycles. The van der Waals surface area contributed by atoms with Gasteiger partial charge < -0.3 is 15.1 Å². The maximum atomic E-state index is 13.1. The fourth-order valence-electron chi connectivity index (χ4n) is 4.36. The Kier molecular flexibility index (Phi) is 5.34. The lowest BCUT2D eigenvalue weighted by Crippen LogP contribution is -2.49. The maximum Gasteiger partial charge on any atom is 0.257 e. The van der Waals surface area contributed by atoms with Gasteiger partial charge in [-0.25, -0.2) is 13.9 Å². The summed E-state index contributed by atoms with van der Waals surface area (Å²) in [5.41, 5.74) is 1.69. The van der Waals surface area contributed by atoms with Crippen LogP contribution in [0, 0.1) is 10.6 Å². The van der Waals surface area contributed by atoms with Crippen molar-refractivity contribution in [2.24, 2.45) is 0 Å². The smallest absolute Gasteiger partial charge is 0.257 e. The number of para-hydroxylation sites is 1. The van der Waals surface area contributed by atoms with Gasteiger partial charge in [-0.3, -0.25) is 9.59 Å². The van der Waals surface area contributed by atoms with Gasteiger partial charge in [0.15, 0.2) is 0 Å². The molecule has 32 heavy (non-hydrogen) atoms. The molecule has 0 saturated carbocycles. The van der Waals surface area contributed by atoms with E-state index in [0.717, 1.165) is 16.6 Å². The number of hydrogen-bond acceptors (Lipinski definition) is 6. The van der Waals surface area contributed by atoms with Crippen LogP contribution in [0.15, 0.2) is 48.5 Å². The third kappa shape index (κ3) is 3.73. The van der Waals surface area contributed by atoms with Crippen LogP contribution in [0.1, 0.15) is 17.6 Å². The molecule has 1 atom stereocenters. The summed E-state index contributed by atoms with van der Waals surface area (Å²) in [4.78, 5) is 34.0. The van der Waals surface area contributed by atoms with Crippen LogP contribution in [-0.4, -0.2) is 58.5 Å². The molecule has 2 aliphatic rings. The van der Waals surface area contributed by atoms with Crippen molar-refractivity contribution in [2.45, 2.75) is 18.9 Å². The molecule has 2 aliphatic heterocycles. The molecule has 1 saturated heterocycles. The largest absolute Gasteiger partial charge is 0.368 e. The van der Waals surface area contributed by atoms with Crippen LogP contribution < -0.4 is 10.2 Å². The highest BCUT2D eigenvalue weighted by molar-refractivity contribution is 7.71. The minimum absolute atomic E-state index is 0.0286. The summed E-state index contributed by atoms with van der Waals surface area (Å²) in [7, 11) is 0. The zero-order valence-electron chi connectivity index (χ0n) is 17.3. The lowest BCUT2D eigenvalue weighted by atomic mass is 10.1. The third-order valence-corrected chi connectivity index (χ3v) is 6.36. The SMILES string of the molecule is O=C(CCC1Nc2c3ccccc3nc(=S)n2C1=O)N1CCN(c2ccc(F)cc2)CC1. The summed E-state index contributed by atoms with van der Waals surface area (Å²) in [5.74, 6) is 0.249. The number of nitrogens with one attached hydrogen (secondary N) is 1. The lowest BCUT2D eigenvalue weighted by molar-refractivity contribution is -0.131. The number of fused-ring (bicyclic) bond motifs is 3. The number of piperazine rings is 1. The first-order valence-electron chi connectivity index (χ1n) is 10.6. The van der Waals surface area contributed by atoms with Crippen LogP contribution in [-0.2, 0) is 4.79 Å². The molecule has 5 rings (SSSR count). The van der Waals surface area contributed by atoms with Gasteiger partial charge in [0.25, 0.3) is 5.91 Å². The molecule has 3 heterocycles. The molecular formula is C23H22FN5O2S. The quantitative estimate of drug-likeness (QED) is 0.613. The van der Waals surface area contributed by atoms with E-state index in [1.165, 1.54) is 16.7 Å². The Morgan fingerprint density at radius 2 is 1.81 bits per heavy atom. The Bertz CT molecular complexity index is 1250. The predicted octanol–water partition coefficient (Wildman–Crippen LogP) is 3.47. The highest BCUT2D eigenvalue weighted by Gasteiger charge is 2.32. The molecule has 0 aliphatic carbocycles. The van der Waals surface area contributed by atoms with Crippen molar-refractivity contribution < 1.29 is 14.0 Å². The Morgan fingerprint density at radius 1 is 1.09 bits per heavy atom. The van der Waals surface area contributed by atoms with E-state index in [2.05, 4.69) is 15.2 Å². The van der Waals surface area contributed by atoms with Crippen molar-refractivity contribution in [3.8, 4) is 0 Å². The Morgan fingerprint density at radius 3 is 2.56 bits per heavy atom. The van der Waals surface area contributed by atoms with E-state index < -0.39 is 6.04 Å². The zero-order chi connectivity index (χ0) is 22.2. The van der Waals surface area contributed by atoms with Crippen LogP contribution in [0.5, 0.6) is 0 Å². The summed E-state index contributed by atoms with van der Waals surface area (Å²) in [6.07, 6.45) is 0.660. The molecule has 0 bridgehead atoms. The average Bonchev–Trinajstić information content (AvgIpc) is 3.15. The molecule has 9 heteroatoms. The number of hydrogen-bond donors (Lipinski definition) is 1. The Hall–Kier alpha value is -3.33. The van der Waals surface area contributed by atoms with Crippen LogP contribution in [0.25, 0.3) is 10.9 Å².